The molecule has 3 N–H and O–H groups in total. The normalized spacial score (nSPS) is 18.3. The van der Waals surface area contributed by atoms with Crippen LogP contribution in [0.4, 0.5) is 27.8 Å². The summed E-state index contributed by atoms with van der Waals surface area (Å²) in [5.41, 5.74) is 2.18. The van der Waals surface area contributed by atoms with Crippen molar-refractivity contribution >= 4 is 29.0 Å². The van der Waals surface area contributed by atoms with E-state index in [1.807, 2.05) is 68.7 Å². The molecule has 3 aromatic rings. The molecule has 5 rings (SSSR count). The summed E-state index contributed by atoms with van der Waals surface area (Å²) in [6.45, 7) is 8.04. The van der Waals surface area contributed by atoms with Crippen molar-refractivity contribution in [2.45, 2.75) is 32.0 Å². The molecular formula is C30H39N7O4. The number of benzene rings is 2. The van der Waals surface area contributed by atoms with Crippen LogP contribution in [0.5, 0.6) is 5.75 Å². The van der Waals surface area contributed by atoms with E-state index in [0.717, 1.165) is 29.5 Å². The minimum absolute atomic E-state index is 0.119. The third kappa shape index (κ3) is 7.63. The Morgan fingerprint density at radius 3 is 2.10 bits per heavy atom. The van der Waals surface area contributed by atoms with Crippen LogP contribution in [0.15, 0.2) is 54.6 Å². The van der Waals surface area contributed by atoms with Crippen molar-refractivity contribution in [3.05, 3.63) is 54.6 Å². The molecule has 1 aromatic heterocycles. The van der Waals surface area contributed by atoms with Gasteiger partial charge in [-0.2, -0.15) is 0 Å². The van der Waals surface area contributed by atoms with E-state index in [0.29, 0.717) is 50.2 Å². The van der Waals surface area contributed by atoms with Crippen LogP contribution in [0.3, 0.4) is 0 Å². The number of ether oxygens (including phenoxy) is 3. The molecule has 11 heteroatoms. The second kappa shape index (κ2) is 13.2. The summed E-state index contributed by atoms with van der Waals surface area (Å²) in [5.74, 6) is 2.99. The molecule has 3 heterocycles. The maximum absolute atomic E-state index is 12.6. The van der Waals surface area contributed by atoms with Gasteiger partial charge in [-0.05, 0) is 76.5 Å². The van der Waals surface area contributed by atoms with Gasteiger partial charge in [0.15, 0.2) is 5.82 Å². The molecule has 2 aromatic carbocycles. The standard InChI is InChI=1S/C30H39N7O4/c1-20(2)31-27-15-28(37-24-16-39-18-25(37)19-40-17-24)35-29(34-27)21-5-7-22(8-6-21)32-30(38)33-23-9-11-26(12-10-23)41-14-13-36(3)4/h5-12,15,20,24-25H,13-14,16-19H2,1-4H3,(H,31,34,35)(H2,32,33,38). The highest BCUT2D eigenvalue weighted by molar-refractivity contribution is 5.99. The lowest BCUT2D eigenvalue weighted by Crippen LogP contribution is -2.60. The first-order valence-electron chi connectivity index (χ1n) is 14.0. The number of morpholine rings is 2. The summed E-state index contributed by atoms with van der Waals surface area (Å²) >= 11 is 0. The predicted molar refractivity (Wildman–Crippen MR) is 161 cm³/mol. The number of hydrogen-bond acceptors (Lipinski definition) is 9. The van der Waals surface area contributed by atoms with Gasteiger partial charge in [-0.3, -0.25) is 0 Å². The molecule has 41 heavy (non-hydrogen) atoms. The lowest BCUT2D eigenvalue weighted by molar-refractivity contribution is -0.0350. The fraction of sp³-hybridized carbons (Fsp3) is 0.433. The van der Waals surface area contributed by atoms with Crippen LogP contribution in [0.1, 0.15) is 13.8 Å². The quantitative estimate of drug-likeness (QED) is 0.336. The van der Waals surface area contributed by atoms with Gasteiger partial charge in [0, 0.05) is 35.6 Å². The molecule has 0 atom stereocenters. The molecule has 2 bridgehead atoms. The summed E-state index contributed by atoms with van der Waals surface area (Å²) in [5, 5.41) is 9.16. The minimum atomic E-state index is -0.332. The number of nitrogens with one attached hydrogen (secondary N) is 3. The Morgan fingerprint density at radius 1 is 0.951 bits per heavy atom. The van der Waals surface area contributed by atoms with Crippen molar-refractivity contribution in [3.63, 3.8) is 0 Å². The number of urea groups is 1. The van der Waals surface area contributed by atoms with Gasteiger partial charge >= 0.3 is 6.03 Å². The molecule has 2 aliphatic heterocycles. The Balaban J connectivity index is 1.25. The smallest absolute Gasteiger partial charge is 0.323 e. The molecule has 0 radical (unpaired) electrons. The molecule has 11 nitrogen and oxygen atoms in total. The Hall–Kier alpha value is -3.93. The Kier molecular flexibility index (Phi) is 9.17. The van der Waals surface area contributed by atoms with Crippen LogP contribution in [0.2, 0.25) is 0 Å². The third-order valence-electron chi connectivity index (χ3n) is 6.76. The monoisotopic (exact) mass is 561 g/mol. The zero-order valence-corrected chi connectivity index (χ0v) is 24.1. The van der Waals surface area contributed by atoms with Crippen LogP contribution >= 0.6 is 0 Å². The number of aromatic nitrogens is 2. The molecule has 218 valence electrons. The van der Waals surface area contributed by atoms with E-state index in [9.17, 15) is 4.79 Å². The van der Waals surface area contributed by atoms with Crippen LogP contribution in [-0.4, -0.2) is 92.7 Å². The van der Waals surface area contributed by atoms with Crippen LogP contribution in [0.25, 0.3) is 11.4 Å². The molecule has 0 spiro atoms. The van der Waals surface area contributed by atoms with Gasteiger partial charge in [0.25, 0.3) is 0 Å². The second-order valence-corrected chi connectivity index (χ2v) is 10.9. The van der Waals surface area contributed by atoms with Crippen molar-refractivity contribution in [1.29, 1.82) is 0 Å². The van der Waals surface area contributed by atoms with Gasteiger partial charge in [-0.1, -0.05) is 0 Å². The fourth-order valence-electron chi connectivity index (χ4n) is 4.81. The maximum atomic E-state index is 12.6. The molecular weight excluding hydrogens is 522 g/mol. The Labute approximate surface area is 241 Å². The minimum Gasteiger partial charge on any atom is -0.492 e. The lowest BCUT2D eigenvalue weighted by Gasteiger charge is -2.46. The van der Waals surface area contributed by atoms with Crippen molar-refractivity contribution in [3.8, 4) is 17.1 Å². The zero-order valence-electron chi connectivity index (χ0n) is 24.1. The molecule has 0 aliphatic carbocycles. The average molecular weight is 562 g/mol. The molecule has 2 saturated heterocycles. The fourth-order valence-corrected chi connectivity index (χ4v) is 4.81. The SMILES string of the molecule is CC(C)Nc1cc(N2C3COCC2COC3)nc(-c2ccc(NC(=O)Nc3ccc(OCCN(C)C)cc3)cc2)n1. The number of fused-ring (bicyclic) bond motifs is 2. The van der Waals surface area contributed by atoms with Crippen LogP contribution in [-0.2, 0) is 9.47 Å². The highest BCUT2D eigenvalue weighted by Gasteiger charge is 2.36. The van der Waals surface area contributed by atoms with Crippen LogP contribution < -0.4 is 25.6 Å². The molecule has 2 amide bonds. The summed E-state index contributed by atoms with van der Waals surface area (Å²) in [6.07, 6.45) is 0. The summed E-state index contributed by atoms with van der Waals surface area (Å²) < 4.78 is 17.3. The average Bonchev–Trinajstić information content (AvgIpc) is 2.93. The lowest BCUT2D eigenvalue weighted by atomic mass is 10.1. The summed E-state index contributed by atoms with van der Waals surface area (Å²) in [6, 6.07) is 17.0. The topological polar surface area (TPSA) is 113 Å². The van der Waals surface area contributed by atoms with Gasteiger partial charge in [0.2, 0.25) is 0 Å². The highest BCUT2D eigenvalue weighted by Crippen LogP contribution is 2.30. The van der Waals surface area contributed by atoms with Gasteiger partial charge in [0.05, 0.1) is 38.5 Å². The van der Waals surface area contributed by atoms with E-state index in [1.54, 1.807) is 0 Å². The molecule has 0 saturated carbocycles. The Morgan fingerprint density at radius 2 is 1.54 bits per heavy atom. The number of amides is 2. The van der Waals surface area contributed by atoms with Crippen molar-refractivity contribution in [2.75, 3.05) is 74.5 Å². The first-order valence-corrected chi connectivity index (χ1v) is 14.0. The first kappa shape index (κ1) is 28.6. The third-order valence-corrected chi connectivity index (χ3v) is 6.76. The number of anilines is 4. The van der Waals surface area contributed by atoms with E-state index in [2.05, 4.69) is 39.6 Å². The van der Waals surface area contributed by atoms with Crippen molar-refractivity contribution in [1.82, 2.24) is 14.9 Å². The van der Waals surface area contributed by atoms with E-state index in [-0.39, 0.29) is 24.2 Å². The number of likely N-dealkylation sites (N-methyl/N-ethyl adjacent to an activating group) is 1. The Bertz CT molecular complexity index is 1280. The predicted octanol–water partition coefficient (Wildman–Crippen LogP) is 4.15. The zero-order chi connectivity index (χ0) is 28.8. The first-order chi connectivity index (χ1) is 19.8. The van der Waals surface area contributed by atoms with E-state index >= 15 is 0 Å². The number of hydrogen-bond donors (Lipinski definition) is 3. The van der Waals surface area contributed by atoms with Crippen LogP contribution in [0, 0.1) is 0 Å². The van der Waals surface area contributed by atoms with Gasteiger partial charge < -0.3 is 40.0 Å². The van der Waals surface area contributed by atoms with Gasteiger partial charge in [0.1, 0.15) is 24.0 Å². The highest BCUT2D eigenvalue weighted by atomic mass is 16.5. The van der Waals surface area contributed by atoms with Gasteiger partial charge in [-0.25, -0.2) is 14.8 Å². The maximum Gasteiger partial charge on any atom is 0.323 e. The molecule has 0 unspecified atom stereocenters. The van der Waals surface area contributed by atoms with Crippen molar-refractivity contribution < 1.29 is 19.0 Å². The molecule has 2 aliphatic rings. The summed E-state index contributed by atoms with van der Waals surface area (Å²) in [7, 11) is 4.00. The number of carbonyl (C=O) groups is 1. The second-order valence-electron chi connectivity index (χ2n) is 10.9. The van der Waals surface area contributed by atoms with Gasteiger partial charge in [-0.15, -0.1) is 0 Å². The van der Waals surface area contributed by atoms with Crippen molar-refractivity contribution in [2.24, 2.45) is 0 Å². The number of carbonyl (C=O) groups excluding carboxylic acids is 1. The van der Waals surface area contributed by atoms with E-state index in [1.165, 1.54) is 0 Å². The largest absolute Gasteiger partial charge is 0.492 e. The van der Waals surface area contributed by atoms with E-state index in [4.69, 9.17) is 24.2 Å². The summed E-state index contributed by atoms with van der Waals surface area (Å²) in [4.78, 5) is 26.7. The molecule has 2 fully saturated rings. The number of rotatable bonds is 10. The van der Waals surface area contributed by atoms with E-state index < -0.39 is 0 Å². The number of nitrogens with zero attached hydrogens (tertiary/aromatic N) is 4.